The Hall–Kier alpha value is 0.342. The van der Waals surface area contributed by atoms with E-state index in [0.29, 0.717) is 52.2 Å². The smallest absolute Gasteiger partial charge is 0.0461 e. The Labute approximate surface area is 190 Å². The summed E-state index contributed by atoms with van der Waals surface area (Å²) < 4.78 is 28.3. The van der Waals surface area contributed by atoms with Gasteiger partial charge in [-0.3, -0.25) is 4.79 Å². The fraction of sp³-hybridized carbons (Fsp3) is 0.889. The van der Waals surface area contributed by atoms with Gasteiger partial charge in [0.05, 0.1) is 6.61 Å². The zero-order valence-electron chi connectivity index (χ0n) is 18.3. The fourth-order valence-electron chi connectivity index (χ4n) is 3.43. The summed E-state index contributed by atoms with van der Waals surface area (Å²) in [4.78, 5) is 24.4. The third-order valence-corrected chi connectivity index (χ3v) is 6.35. The third-order valence-electron chi connectivity index (χ3n) is 4.43. The maximum absolute atomic E-state index is 12.4. The van der Waals surface area contributed by atoms with Crippen LogP contribution in [0.4, 0.5) is 0 Å². The van der Waals surface area contributed by atoms with E-state index in [4.69, 9.17) is 34.9 Å². The van der Waals surface area contributed by atoms with E-state index >= 15 is 0 Å². The van der Waals surface area contributed by atoms with Gasteiger partial charge in [0.2, 0.25) is 0 Å². The number of carbonyl (C=O) groups excluding carboxylic acids is 2. The molecule has 1 aliphatic rings. The summed E-state index contributed by atoms with van der Waals surface area (Å²) in [7, 11) is 0.400. The van der Waals surface area contributed by atoms with Crippen molar-refractivity contribution in [1.82, 2.24) is 0 Å². The van der Waals surface area contributed by atoms with Crippen molar-refractivity contribution in [2.75, 3.05) is 13.2 Å². The average Bonchev–Trinajstić information content (AvgIpc) is 2.62. The van der Waals surface area contributed by atoms with Gasteiger partial charge in [0, 0.05) is 0 Å². The number of carbonyl (C=O) groups is 2. The van der Waals surface area contributed by atoms with Crippen molar-refractivity contribution in [3.8, 4) is 0 Å². The molecule has 1 heterocycles. The van der Waals surface area contributed by atoms with Gasteiger partial charge in [0.25, 0.3) is 0 Å². The van der Waals surface area contributed by atoms with Crippen LogP contribution in [-0.4, -0.2) is 64.5 Å². The van der Waals surface area contributed by atoms with Gasteiger partial charge in [0.15, 0.2) is 0 Å². The zero-order chi connectivity index (χ0) is 22.6. The molecule has 0 bridgehead atoms. The van der Waals surface area contributed by atoms with Crippen molar-refractivity contribution in [2.45, 2.75) is 89.5 Å². The standard InChI is InChI=1S/C18H34BO7P2SSi/c1-5-22-18(21)12-17(26-30(2,3)4)11-16-9-13(20)8-15(24-16)10-14(25-27)6-7-23-19-28-29/h14-17H,5-12,27H2,1-4H3/q+1/t14-,15-,16+,17+/m0/s1. The molecule has 1 saturated heterocycles. The molecule has 7 nitrogen and oxygen atoms in total. The zero-order valence-corrected chi connectivity index (χ0v) is 22.2. The van der Waals surface area contributed by atoms with Crippen LogP contribution in [0.1, 0.15) is 45.4 Å². The normalized spacial score (nSPS) is 21.6. The first-order chi connectivity index (χ1) is 14.2. The summed E-state index contributed by atoms with van der Waals surface area (Å²) in [5, 5.41) is 0. The van der Waals surface area contributed by atoms with Crippen LogP contribution in [0.15, 0.2) is 0 Å². The molecule has 1 fully saturated rings. The summed E-state index contributed by atoms with van der Waals surface area (Å²) >= 11 is 4.79. The number of ketones is 1. The predicted molar refractivity (Wildman–Crippen MR) is 127 cm³/mol. The van der Waals surface area contributed by atoms with Crippen LogP contribution in [0.2, 0.25) is 19.6 Å². The molecule has 5 atom stereocenters. The van der Waals surface area contributed by atoms with E-state index in [2.05, 4.69) is 29.1 Å². The van der Waals surface area contributed by atoms with Gasteiger partial charge in [-0.25, -0.2) is 0 Å². The molecule has 0 saturated carbocycles. The summed E-state index contributed by atoms with van der Waals surface area (Å²) in [5.41, 5.74) is 0. The van der Waals surface area contributed by atoms with E-state index in [1.54, 1.807) is 13.7 Å². The molecular weight excluding hydrogens is 461 g/mol. The van der Waals surface area contributed by atoms with Gasteiger partial charge >= 0.3 is 148 Å². The van der Waals surface area contributed by atoms with E-state index in [-0.39, 0.29) is 42.6 Å². The monoisotopic (exact) mass is 495 g/mol. The van der Waals surface area contributed by atoms with Crippen LogP contribution in [0.25, 0.3) is 0 Å². The third kappa shape index (κ3) is 13.0. The Morgan fingerprint density at radius 3 is 2.47 bits per heavy atom. The predicted octanol–water partition coefficient (Wildman–Crippen LogP) is 3.58. The van der Waals surface area contributed by atoms with Gasteiger partial charge in [0.1, 0.15) is 0 Å². The molecule has 0 radical (unpaired) electrons. The summed E-state index contributed by atoms with van der Waals surface area (Å²) in [6.45, 7) is 11.1. The second kappa shape index (κ2) is 15.2. The first-order valence-corrected chi connectivity index (χ1v) is 16.1. The van der Waals surface area contributed by atoms with Gasteiger partial charge in [-0.05, 0) is 26.6 Å². The first-order valence-electron chi connectivity index (χ1n) is 10.3. The molecule has 0 aliphatic carbocycles. The Bertz CT molecular complexity index is 602. The minimum absolute atomic E-state index is 0.102. The molecule has 0 N–H and O–H groups in total. The quantitative estimate of drug-likeness (QED) is 0.157. The molecule has 12 heteroatoms. The van der Waals surface area contributed by atoms with Crippen LogP contribution >= 0.6 is 16.3 Å². The van der Waals surface area contributed by atoms with E-state index in [9.17, 15) is 9.59 Å². The molecule has 0 aromatic heterocycles. The molecule has 1 aliphatic heterocycles. The Morgan fingerprint density at radius 2 is 1.93 bits per heavy atom. The van der Waals surface area contributed by atoms with Gasteiger partial charge < -0.3 is 4.74 Å². The van der Waals surface area contributed by atoms with Crippen molar-refractivity contribution in [2.24, 2.45) is 0 Å². The molecule has 0 spiro atoms. The van der Waals surface area contributed by atoms with Crippen molar-refractivity contribution < 1.29 is 32.7 Å². The summed E-state index contributed by atoms with van der Waals surface area (Å²) in [6.07, 6.45) is 1.73. The Balaban J connectivity index is 2.68. The molecule has 0 amide bonds. The minimum atomic E-state index is -1.88. The van der Waals surface area contributed by atoms with Crippen molar-refractivity contribution in [3.63, 3.8) is 0 Å². The second-order valence-corrected chi connectivity index (χ2v) is 14.1. The molecule has 0 aromatic carbocycles. The molecule has 1 unspecified atom stereocenters. The number of ether oxygens (including phenoxy) is 2. The molecular formula is C18H34BO7P2SSi+. The fourth-order valence-corrected chi connectivity index (χ4v) is 5.20. The van der Waals surface area contributed by atoms with E-state index < -0.39 is 8.32 Å². The summed E-state index contributed by atoms with van der Waals surface area (Å²) in [5.74, 6) is -0.123. The Morgan fingerprint density at radius 1 is 1.30 bits per heavy atom. The molecule has 170 valence electrons. The van der Waals surface area contributed by atoms with Crippen LogP contribution in [-0.2, 0) is 44.5 Å². The van der Waals surface area contributed by atoms with Gasteiger partial charge in [-0.15, -0.1) is 0 Å². The van der Waals surface area contributed by atoms with E-state index in [0.717, 1.165) is 0 Å². The number of esters is 1. The van der Waals surface area contributed by atoms with E-state index in [1.807, 2.05) is 0 Å². The number of hydrogen-bond donors (Lipinski definition) is 0. The first kappa shape index (κ1) is 28.4. The van der Waals surface area contributed by atoms with Crippen molar-refractivity contribution >= 4 is 55.0 Å². The molecule has 1 rings (SSSR count). The van der Waals surface area contributed by atoms with Crippen molar-refractivity contribution in [1.29, 1.82) is 0 Å². The SMILES string of the molecule is CCOC(=O)C[C@@H](C[C@H]1CC(=O)C[C@@H](C[C@H](CCOB=[P+]=S)OP)O1)O[Si](C)(C)C. The van der Waals surface area contributed by atoms with E-state index in [1.165, 1.54) is 0 Å². The van der Waals surface area contributed by atoms with Crippen LogP contribution in [0.5, 0.6) is 0 Å². The van der Waals surface area contributed by atoms with Crippen LogP contribution in [0.3, 0.4) is 0 Å². The van der Waals surface area contributed by atoms with Crippen molar-refractivity contribution in [3.05, 3.63) is 0 Å². The average molecular weight is 495 g/mol. The summed E-state index contributed by atoms with van der Waals surface area (Å²) in [6, 6.07) is 0. The number of rotatable bonds is 14. The van der Waals surface area contributed by atoms with Gasteiger partial charge in [-0.2, -0.15) is 0 Å². The molecule has 0 aromatic rings. The molecule has 30 heavy (non-hydrogen) atoms. The maximum atomic E-state index is 12.4. The van der Waals surface area contributed by atoms with Crippen LogP contribution in [0, 0.1) is 0 Å². The Kier molecular flexibility index (Phi) is 14.4. The second-order valence-electron chi connectivity index (χ2n) is 8.29. The van der Waals surface area contributed by atoms with Crippen LogP contribution < -0.4 is 0 Å². The number of hydrogen-bond acceptors (Lipinski definition) is 8. The van der Waals surface area contributed by atoms with Gasteiger partial charge in [-0.1, -0.05) is 0 Å². The topological polar surface area (TPSA) is 80.3 Å². The minimum Gasteiger partial charge on any atom is -0.0461 e. The number of Topliss-reactive ketones (excluding diaryl/α,β-unsaturated/α-hetero) is 1.